The number of piperidine rings is 2. The van der Waals surface area contributed by atoms with E-state index in [9.17, 15) is 14.4 Å². The van der Waals surface area contributed by atoms with Crippen LogP contribution in [0.1, 0.15) is 47.3 Å². The number of benzene rings is 1. The van der Waals surface area contributed by atoms with E-state index in [0.717, 1.165) is 42.9 Å². The van der Waals surface area contributed by atoms with E-state index >= 15 is 0 Å². The second-order valence-electron chi connectivity index (χ2n) is 8.85. The molecule has 2 N–H and O–H groups in total. The summed E-state index contributed by atoms with van der Waals surface area (Å²) >= 11 is 0. The van der Waals surface area contributed by atoms with Gasteiger partial charge in [0.15, 0.2) is 0 Å². The van der Waals surface area contributed by atoms with Crippen molar-refractivity contribution in [3.63, 3.8) is 0 Å². The van der Waals surface area contributed by atoms with Crippen LogP contribution in [0.25, 0.3) is 5.69 Å². The van der Waals surface area contributed by atoms with Crippen LogP contribution in [0.2, 0.25) is 0 Å². The highest BCUT2D eigenvalue weighted by Crippen LogP contribution is 2.29. The molecular formula is C22H27N7O3. The summed E-state index contributed by atoms with van der Waals surface area (Å²) in [6.07, 6.45) is 4.77. The quantitative estimate of drug-likeness (QED) is 0.643. The monoisotopic (exact) mass is 437 g/mol. The van der Waals surface area contributed by atoms with Crippen LogP contribution in [-0.2, 0) is 22.7 Å². The van der Waals surface area contributed by atoms with Crippen LogP contribution >= 0.6 is 0 Å². The van der Waals surface area contributed by atoms with Gasteiger partial charge in [0.1, 0.15) is 6.04 Å². The molecule has 2 fully saturated rings. The lowest BCUT2D eigenvalue weighted by Gasteiger charge is -2.29. The number of imide groups is 1. The van der Waals surface area contributed by atoms with Gasteiger partial charge in [-0.2, -0.15) is 0 Å². The molecule has 168 valence electrons. The highest BCUT2D eigenvalue weighted by Gasteiger charge is 2.39. The Morgan fingerprint density at radius 3 is 2.75 bits per heavy atom. The zero-order valence-electron chi connectivity index (χ0n) is 18.1. The molecule has 1 aromatic heterocycles. The van der Waals surface area contributed by atoms with Crippen molar-refractivity contribution in [2.45, 2.75) is 50.9 Å². The number of amides is 3. The molecule has 1 aromatic carbocycles. The summed E-state index contributed by atoms with van der Waals surface area (Å²) in [7, 11) is 2.15. The minimum Gasteiger partial charge on any atom is -0.322 e. The second-order valence-corrected chi connectivity index (χ2v) is 8.85. The Morgan fingerprint density at radius 1 is 1.16 bits per heavy atom. The summed E-state index contributed by atoms with van der Waals surface area (Å²) in [4.78, 5) is 40.4. The van der Waals surface area contributed by atoms with Crippen LogP contribution in [0.5, 0.6) is 0 Å². The Labute approximate surface area is 185 Å². The summed E-state index contributed by atoms with van der Waals surface area (Å²) in [5.41, 5.74) is 3.12. The van der Waals surface area contributed by atoms with Crippen molar-refractivity contribution in [3.8, 4) is 5.69 Å². The maximum absolute atomic E-state index is 12.8. The van der Waals surface area contributed by atoms with Gasteiger partial charge in [-0.15, -0.1) is 5.10 Å². The molecule has 3 aliphatic rings. The summed E-state index contributed by atoms with van der Waals surface area (Å²) in [6.45, 7) is 3.22. The standard InChI is InChI=1S/C22H27N7O3/c1-27-8-6-15(7-9-27)23-11-16-13-29(26-25-16)17-2-3-18-14(10-17)12-28(22(18)32)19-4-5-20(30)24-21(19)31/h2-3,10,13,15,19,23H,4-9,11-12H2,1H3,(H,24,30,31). The van der Waals surface area contributed by atoms with Crippen LogP contribution in [0.15, 0.2) is 24.4 Å². The molecule has 2 saturated heterocycles. The first-order chi connectivity index (χ1) is 15.5. The van der Waals surface area contributed by atoms with Crippen molar-refractivity contribution in [2.24, 2.45) is 0 Å². The second kappa shape index (κ2) is 8.44. The Kier molecular flexibility index (Phi) is 5.48. The van der Waals surface area contributed by atoms with Crippen molar-refractivity contribution in [2.75, 3.05) is 20.1 Å². The molecule has 0 aliphatic carbocycles. The molecule has 4 heterocycles. The number of carbonyl (C=O) groups is 3. The lowest BCUT2D eigenvalue weighted by molar-refractivity contribution is -0.136. The van der Waals surface area contributed by atoms with Crippen LogP contribution in [0.4, 0.5) is 0 Å². The fourth-order valence-corrected chi connectivity index (χ4v) is 4.67. The number of nitrogens with one attached hydrogen (secondary N) is 2. The highest BCUT2D eigenvalue weighted by atomic mass is 16.2. The van der Waals surface area contributed by atoms with Gasteiger partial charge in [0.25, 0.3) is 5.91 Å². The third kappa shape index (κ3) is 4.03. The number of rotatable bonds is 5. The first kappa shape index (κ1) is 20.8. The number of aromatic nitrogens is 3. The number of nitrogens with zero attached hydrogens (tertiary/aromatic N) is 5. The van der Waals surface area contributed by atoms with Crippen LogP contribution in [-0.4, -0.2) is 74.7 Å². The smallest absolute Gasteiger partial charge is 0.255 e. The maximum Gasteiger partial charge on any atom is 0.255 e. The van der Waals surface area contributed by atoms with Gasteiger partial charge in [0, 0.05) is 31.1 Å². The van der Waals surface area contributed by atoms with Crippen molar-refractivity contribution in [1.29, 1.82) is 0 Å². The molecule has 0 bridgehead atoms. The van der Waals surface area contributed by atoms with E-state index in [1.165, 1.54) is 0 Å². The summed E-state index contributed by atoms with van der Waals surface area (Å²) in [6, 6.07) is 5.42. The molecule has 32 heavy (non-hydrogen) atoms. The SMILES string of the molecule is CN1CCC(NCc2cn(-c3ccc4c(c3)CN(C3CCC(=O)NC3=O)C4=O)nn2)CC1. The number of likely N-dealkylation sites (tertiary alicyclic amines) is 1. The van der Waals surface area contributed by atoms with E-state index in [1.54, 1.807) is 15.6 Å². The van der Waals surface area contributed by atoms with Gasteiger partial charge in [0.2, 0.25) is 11.8 Å². The van der Waals surface area contributed by atoms with E-state index in [4.69, 9.17) is 0 Å². The van der Waals surface area contributed by atoms with Gasteiger partial charge in [0.05, 0.1) is 17.6 Å². The number of fused-ring (bicyclic) bond motifs is 1. The van der Waals surface area contributed by atoms with E-state index in [0.29, 0.717) is 31.1 Å². The Balaban J connectivity index is 1.25. The summed E-state index contributed by atoms with van der Waals surface area (Å²) in [5, 5.41) is 14.4. The molecule has 1 unspecified atom stereocenters. The maximum atomic E-state index is 12.8. The Hall–Kier alpha value is -3.11. The molecule has 0 radical (unpaired) electrons. The van der Waals surface area contributed by atoms with Gasteiger partial charge in [-0.3, -0.25) is 19.7 Å². The molecule has 10 heteroatoms. The molecule has 3 amide bonds. The van der Waals surface area contributed by atoms with Gasteiger partial charge in [-0.1, -0.05) is 5.21 Å². The van der Waals surface area contributed by atoms with Gasteiger partial charge in [-0.25, -0.2) is 4.68 Å². The van der Waals surface area contributed by atoms with Gasteiger partial charge in [-0.05, 0) is 63.2 Å². The largest absolute Gasteiger partial charge is 0.322 e. The highest BCUT2D eigenvalue weighted by molar-refractivity contribution is 6.05. The molecule has 2 aromatic rings. The average Bonchev–Trinajstić information content (AvgIpc) is 3.38. The first-order valence-electron chi connectivity index (χ1n) is 11.1. The zero-order valence-corrected chi connectivity index (χ0v) is 18.1. The predicted octanol–water partition coefficient (Wildman–Crippen LogP) is 0.212. The van der Waals surface area contributed by atoms with E-state index in [2.05, 4.69) is 32.9 Å². The number of carbonyl (C=O) groups excluding carboxylic acids is 3. The summed E-state index contributed by atoms with van der Waals surface area (Å²) in [5.74, 6) is -0.867. The average molecular weight is 438 g/mol. The molecule has 3 aliphatic heterocycles. The topological polar surface area (TPSA) is 112 Å². The predicted molar refractivity (Wildman–Crippen MR) is 115 cm³/mol. The lowest BCUT2D eigenvalue weighted by atomic mass is 10.0. The van der Waals surface area contributed by atoms with E-state index < -0.39 is 11.9 Å². The van der Waals surface area contributed by atoms with Crippen LogP contribution in [0, 0.1) is 0 Å². The van der Waals surface area contributed by atoms with Crippen LogP contribution in [0.3, 0.4) is 0 Å². The molecular weight excluding hydrogens is 410 g/mol. The van der Waals surface area contributed by atoms with Crippen molar-refractivity contribution in [1.82, 2.24) is 35.4 Å². The van der Waals surface area contributed by atoms with Crippen molar-refractivity contribution >= 4 is 17.7 Å². The van der Waals surface area contributed by atoms with E-state index in [-0.39, 0.29) is 18.2 Å². The van der Waals surface area contributed by atoms with Crippen LogP contribution < -0.4 is 10.6 Å². The Morgan fingerprint density at radius 2 is 1.97 bits per heavy atom. The van der Waals surface area contributed by atoms with Crippen molar-refractivity contribution in [3.05, 3.63) is 41.2 Å². The molecule has 1 atom stereocenters. The Bertz CT molecular complexity index is 1060. The molecule has 10 nitrogen and oxygen atoms in total. The first-order valence-corrected chi connectivity index (χ1v) is 11.1. The zero-order chi connectivity index (χ0) is 22.2. The fraction of sp³-hybridized carbons (Fsp3) is 0.500. The molecule has 0 saturated carbocycles. The third-order valence-corrected chi connectivity index (χ3v) is 6.60. The van der Waals surface area contributed by atoms with Crippen molar-refractivity contribution < 1.29 is 14.4 Å². The van der Waals surface area contributed by atoms with Gasteiger partial charge < -0.3 is 15.1 Å². The van der Waals surface area contributed by atoms with Gasteiger partial charge >= 0.3 is 0 Å². The normalized spacial score (nSPS) is 22.3. The van der Waals surface area contributed by atoms with E-state index in [1.807, 2.05) is 18.3 Å². The lowest BCUT2D eigenvalue weighted by Crippen LogP contribution is -2.52. The molecule has 5 rings (SSSR count). The third-order valence-electron chi connectivity index (χ3n) is 6.60. The fourth-order valence-electron chi connectivity index (χ4n) is 4.67. The summed E-state index contributed by atoms with van der Waals surface area (Å²) < 4.78 is 1.71. The number of hydrogen-bond acceptors (Lipinski definition) is 7. The number of hydrogen-bond donors (Lipinski definition) is 2. The minimum atomic E-state index is -0.611. The minimum absolute atomic E-state index is 0.178. The molecule has 0 spiro atoms.